The van der Waals surface area contributed by atoms with Gasteiger partial charge in [0.1, 0.15) is 19.0 Å². The van der Waals surface area contributed by atoms with Gasteiger partial charge in [0, 0.05) is 10.6 Å². The lowest BCUT2D eigenvalue weighted by Gasteiger charge is -2.18. The van der Waals surface area contributed by atoms with Gasteiger partial charge in [-0.15, -0.1) is 11.8 Å². The molecule has 2 aromatic carbocycles. The maximum Gasteiger partial charge on any atom is 0.162 e. The SMILES string of the molecule is Fc1ccc(CSc2ccc3c(c2)OCCO3)cc1Br. The Morgan fingerprint density at radius 3 is 2.65 bits per heavy atom. The molecule has 3 rings (SSSR count). The summed E-state index contributed by atoms with van der Waals surface area (Å²) in [5.41, 5.74) is 1.07. The summed E-state index contributed by atoms with van der Waals surface area (Å²) in [6, 6.07) is 11.0. The molecule has 0 atom stereocenters. The number of halogens is 2. The van der Waals surface area contributed by atoms with Crippen molar-refractivity contribution in [2.24, 2.45) is 0 Å². The van der Waals surface area contributed by atoms with Crippen molar-refractivity contribution in [1.82, 2.24) is 0 Å². The zero-order valence-corrected chi connectivity index (χ0v) is 13.0. The van der Waals surface area contributed by atoms with E-state index in [0.29, 0.717) is 17.7 Å². The maximum absolute atomic E-state index is 13.2. The smallest absolute Gasteiger partial charge is 0.162 e. The van der Waals surface area contributed by atoms with E-state index in [-0.39, 0.29) is 5.82 Å². The Morgan fingerprint density at radius 1 is 1.05 bits per heavy atom. The van der Waals surface area contributed by atoms with Crippen LogP contribution in [0.15, 0.2) is 45.8 Å². The number of ether oxygens (including phenoxy) is 2. The molecule has 0 radical (unpaired) electrons. The molecule has 0 spiro atoms. The normalized spacial score (nSPS) is 13.3. The summed E-state index contributed by atoms with van der Waals surface area (Å²) in [5, 5.41) is 0. The summed E-state index contributed by atoms with van der Waals surface area (Å²) in [6.07, 6.45) is 0. The van der Waals surface area contributed by atoms with E-state index in [4.69, 9.17) is 9.47 Å². The average Bonchev–Trinajstić information content (AvgIpc) is 2.48. The number of hydrogen-bond acceptors (Lipinski definition) is 3. The number of rotatable bonds is 3. The molecule has 0 saturated heterocycles. The van der Waals surface area contributed by atoms with Crippen LogP contribution in [-0.4, -0.2) is 13.2 Å². The second kappa shape index (κ2) is 6.06. The predicted molar refractivity (Wildman–Crippen MR) is 81.1 cm³/mol. The fraction of sp³-hybridized carbons (Fsp3) is 0.200. The second-order valence-corrected chi connectivity index (χ2v) is 6.25. The Morgan fingerprint density at radius 2 is 1.85 bits per heavy atom. The number of hydrogen-bond donors (Lipinski definition) is 0. The summed E-state index contributed by atoms with van der Waals surface area (Å²) in [5.74, 6) is 2.13. The highest BCUT2D eigenvalue weighted by molar-refractivity contribution is 9.10. The Balaban J connectivity index is 1.70. The Kier molecular flexibility index (Phi) is 4.17. The van der Waals surface area contributed by atoms with E-state index in [1.807, 2.05) is 18.2 Å². The summed E-state index contributed by atoms with van der Waals surface area (Å²) in [4.78, 5) is 1.11. The first-order valence-corrected chi connectivity index (χ1v) is 7.96. The van der Waals surface area contributed by atoms with Crippen LogP contribution in [0.2, 0.25) is 0 Å². The molecule has 1 aliphatic rings. The van der Waals surface area contributed by atoms with Crippen LogP contribution >= 0.6 is 27.7 Å². The van der Waals surface area contributed by atoms with Crippen LogP contribution in [0.5, 0.6) is 11.5 Å². The Hall–Kier alpha value is -1.20. The molecule has 2 aromatic rings. The van der Waals surface area contributed by atoms with Crippen molar-refractivity contribution in [3.8, 4) is 11.5 Å². The van der Waals surface area contributed by atoms with Crippen molar-refractivity contribution in [3.05, 3.63) is 52.3 Å². The van der Waals surface area contributed by atoms with Gasteiger partial charge in [0.15, 0.2) is 11.5 Å². The van der Waals surface area contributed by atoms with Gasteiger partial charge in [0.2, 0.25) is 0 Å². The number of fused-ring (bicyclic) bond motifs is 1. The Labute approximate surface area is 129 Å². The van der Waals surface area contributed by atoms with E-state index >= 15 is 0 Å². The molecule has 0 bridgehead atoms. The van der Waals surface area contributed by atoms with Gasteiger partial charge >= 0.3 is 0 Å². The zero-order valence-electron chi connectivity index (χ0n) is 10.6. The van der Waals surface area contributed by atoms with Gasteiger partial charge in [-0.3, -0.25) is 0 Å². The molecule has 1 heterocycles. The van der Waals surface area contributed by atoms with Gasteiger partial charge in [-0.25, -0.2) is 4.39 Å². The van der Waals surface area contributed by atoms with Gasteiger partial charge < -0.3 is 9.47 Å². The van der Waals surface area contributed by atoms with Gasteiger partial charge in [-0.2, -0.15) is 0 Å². The van der Waals surface area contributed by atoms with Crippen molar-refractivity contribution >= 4 is 27.7 Å². The first-order valence-electron chi connectivity index (χ1n) is 6.19. The molecule has 104 valence electrons. The minimum Gasteiger partial charge on any atom is -0.486 e. The van der Waals surface area contributed by atoms with Crippen LogP contribution < -0.4 is 9.47 Å². The van der Waals surface area contributed by atoms with E-state index in [0.717, 1.165) is 27.7 Å². The molecule has 5 heteroatoms. The number of benzene rings is 2. The van der Waals surface area contributed by atoms with E-state index in [9.17, 15) is 4.39 Å². The molecule has 1 aliphatic heterocycles. The van der Waals surface area contributed by atoms with Crippen LogP contribution in [0.25, 0.3) is 0 Å². The lowest BCUT2D eigenvalue weighted by Crippen LogP contribution is -2.15. The van der Waals surface area contributed by atoms with Crippen LogP contribution in [0, 0.1) is 5.82 Å². The minimum atomic E-state index is -0.238. The third-order valence-corrected chi connectivity index (χ3v) is 4.58. The van der Waals surface area contributed by atoms with Crippen LogP contribution in [-0.2, 0) is 5.75 Å². The standard InChI is InChI=1S/C15H12BrFO2S/c16-12-7-10(1-3-13(12)17)9-20-11-2-4-14-15(8-11)19-6-5-18-14/h1-4,7-8H,5-6,9H2. The van der Waals surface area contributed by atoms with Crippen LogP contribution in [0.1, 0.15) is 5.56 Å². The lowest BCUT2D eigenvalue weighted by atomic mass is 10.2. The van der Waals surface area contributed by atoms with Gasteiger partial charge in [-0.05, 0) is 51.8 Å². The quantitative estimate of drug-likeness (QED) is 0.747. The topological polar surface area (TPSA) is 18.5 Å². The molecule has 0 unspecified atom stereocenters. The fourth-order valence-corrected chi connectivity index (χ4v) is 3.20. The minimum absolute atomic E-state index is 0.238. The molecule has 20 heavy (non-hydrogen) atoms. The third-order valence-electron chi connectivity index (χ3n) is 2.90. The van der Waals surface area contributed by atoms with E-state index < -0.39 is 0 Å². The van der Waals surface area contributed by atoms with E-state index in [2.05, 4.69) is 15.9 Å². The van der Waals surface area contributed by atoms with Crippen molar-refractivity contribution in [2.45, 2.75) is 10.6 Å². The lowest BCUT2D eigenvalue weighted by molar-refractivity contribution is 0.171. The van der Waals surface area contributed by atoms with Gasteiger partial charge in [0.25, 0.3) is 0 Å². The molecule has 0 fully saturated rings. The third kappa shape index (κ3) is 3.10. The zero-order chi connectivity index (χ0) is 13.9. The highest BCUT2D eigenvalue weighted by Gasteiger charge is 2.12. The monoisotopic (exact) mass is 354 g/mol. The highest BCUT2D eigenvalue weighted by Crippen LogP contribution is 2.35. The molecule has 0 amide bonds. The second-order valence-electron chi connectivity index (χ2n) is 4.34. The van der Waals surface area contributed by atoms with E-state index in [1.165, 1.54) is 6.07 Å². The van der Waals surface area contributed by atoms with Crippen LogP contribution in [0.4, 0.5) is 4.39 Å². The van der Waals surface area contributed by atoms with Crippen molar-refractivity contribution in [1.29, 1.82) is 0 Å². The molecule has 0 saturated carbocycles. The summed E-state index contributed by atoms with van der Waals surface area (Å²) < 4.78 is 24.7. The summed E-state index contributed by atoms with van der Waals surface area (Å²) >= 11 is 4.88. The molecular formula is C15H12BrFO2S. The Bertz CT molecular complexity index is 633. The predicted octanol–water partition coefficient (Wildman–Crippen LogP) is 4.65. The average molecular weight is 355 g/mol. The first kappa shape index (κ1) is 13.8. The van der Waals surface area contributed by atoms with Gasteiger partial charge in [-0.1, -0.05) is 6.07 Å². The molecule has 0 aromatic heterocycles. The van der Waals surface area contributed by atoms with Crippen molar-refractivity contribution in [2.75, 3.05) is 13.2 Å². The summed E-state index contributed by atoms with van der Waals surface area (Å²) in [6.45, 7) is 1.19. The van der Waals surface area contributed by atoms with E-state index in [1.54, 1.807) is 23.9 Å². The maximum atomic E-state index is 13.2. The first-order chi connectivity index (χ1) is 9.72. The highest BCUT2D eigenvalue weighted by atomic mass is 79.9. The van der Waals surface area contributed by atoms with Crippen molar-refractivity contribution in [3.63, 3.8) is 0 Å². The van der Waals surface area contributed by atoms with Crippen molar-refractivity contribution < 1.29 is 13.9 Å². The molecule has 0 N–H and O–H groups in total. The molecular weight excluding hydrogens is 343 g/mol. The molecule has 2 nitrogen and oxygen atoms in total. The largest absolute Gasteiger partial charge is 0.486 e. The van der Waals surface area contributed by atoms with Gasteiger partial charge in [0.05, 0.1) is 4.47 Å². The molecule has 0 aliphatic carbocycles. The summed E-state index contributed by atoms with van der Waals surface area (Å²) in [7, 11) is 0. The number of thioether (sulfide) groups is 1. The van der Waals surface area contributed by atoms with Crippen LogP contribution in [0.3, 0.4) is 0 Å². The fourth-order valence-electron chi connectivity index (χ4n) is 1.91.